The number of amides is 2. The highest BCUT2D eigenvalue weighted by molar-refractivity contribution is 6.00. The van der Waals surface area contributed by atoms with Crippen molar-refractivity contribution in [3.05, 3.63) is 59.7 Å². The molecule has 1 saturated heterocycles. The van der Waals surface area contributed by atoms with Crippen molar-refractivity contribution in [1.82, 2.24) is 4.90 Å². The lowest BCUT2D eigenvalue weighted by Gasteiger charge is -2.29. The van der Waals surface area contributed by atoms with Gasteiger partial charge in [0.15, 0.2) is 0 Å². The van der Waals surface area contributed by atoms with Crippen LogP contribution in [0.25, 0.3) is 0 Å². The SMILES string of the molecule is O=C1O[C@@H](N2C(=O)CC[C@H]2C(=O)Nc2ccc(OC(F)(F)F)cc2)c2ccccc21. The standard InChI is InChI=1S/C20H15F3N2O5/c21-20(22,23)30-12-7-5-11(6-8-12)24-17(27)15-9-10-16(26)25(15)18-13-3-1-2-4-14(13)19(28)29-18/h1-8,15,18H,9-10H2,(H,24,27)/t15-,18+/m0/s1. The van der Waals surface area contributed by atoms with Crippen LogP contribution in [0.1, 0.15) is 35.0 Å². The second-order valence-corrected chi connectivity index (χ2v) is 6.76. The smallest absolute Gasteiger partial charge is 0.433 e. The average Bonchev–Trinajstić information content (AvgIpc) is 3.22. The van der Waals surface area contributed by atoms with Crippen LogP contribution in [0.4, 0.5) is 18.9 Å². The van der Waals surface area contributed by atoms with E-state index in [4.69, 9.17) is 4.74 Å². The Morgan fingerprint density at radius 2 is 1.80 bits per heavy atom. The van der Waals surface area contributed by atoms with Crippen LogP contribution < -0.4 is 10.1 Å². The third-order valence-corrected chi connectivity index (χ3v) is 4.83. The number of hydrogen-bond donors (Lipinski definition) is 1. The number of carbonyl (C=O) groups excluding carboxylic acids is 3. The van der Waals surface area contributed by atoms with Crippen LogP contribution in [0, 0.1) is 0 Å². The number of nitrogens with zero attached hydrogens (tertiary/aromatic N) is 1. The molecule has 0 unspecified atom stereocenters. The highest BCUT2D eigenvalue weighted by atomic mass is 19.4. The van der Waals surface area contributed by atoms with Crippen LogP contribution in [0.2, 0.25) is 0 Å². The molecule has 156 valence electrons. The summed E-state index contributed by atoms with van der Waals surface area (Å²) in [4.78, 5) is 38.6. The van der Waals surface area contributed by atoms with Gasteiger partial charge in [-0.05, 0) is 36.8 Å². The van der Waals surface area contributed by atoms with Gasteiger partial charge in [0.1, 0.15) is 11.8 Å². The van der Waals surface area contributed by atoms with Crippen molar-refractivity contribution in [2.75, 3.05) is 5.32 Å². The van der Waals surface area contributed by atoms with Gasteiger partial charge in [0.25, 0.3) is 0 Å². The van der Waals surface area contributed by atoms with Gasteiger partial charge < -0.3 is 14.8 Å². The van der Waals surface area contributed by atoms with Crippen molar-refractivity contribution < 1.29 is 37.0 Å². The van der Waals surface area contributed by atoms with E-state index in [0.717, 1.165) is 12.1 Å². The molecule has 2 aromatic rings. The Labute approximate surface area is 168 Å². The molecule has 10 heteroatoms. The molecule has 4 rings (SSSR count). The fourth-order valence-electron chi connectivity index (χ4n) is 3.55. The molecule has 7 nitrogen and oxygen atoms in total. The monoisotopic (exact) mass is 420 g/mol. The van der Waals surface area contributed by atoms with Crippen molar-refractivity contribution >= 4 is 23.5 Å². The lowest BCUT2D eigenvalue weighted by molar-refractivity contribution is -0.274. The Morgan fingerprint density at radius 3 is 2.50 bits per heavy atom. The third-order valence-electron chi connectivity index (χ3n) is 4.83. The van der Waals surface area contributed by atoms with E-state index in [2.05, 4.69) is 10.1 Å². The number of alkyl halides is 3. The quantitative estimate of drug-likeness (QED) is 0.767. The number of nitrogens with one attached hydrogen (secondary N) is 1. The summed E-state index contributed by atoms with van der Waals surface area (Å²) in [6, 6.07) is 10.4. The zero-order valence-corrected chi connectivity index (χ0v) is 15.3. The first-order valence-corrected chi connectivity index (χ1v) is 9.01. The van der Waals surface area contributed by atoms with Gasteiger partial charge in [-0.15, -0.1) is 13.2 Å². The normalized spacial score (nSPS) is 20.7. The minimum atomic E-state index is -4.81. The van der Waals surface area contributed by atoms with E-state index in [0.29, 0.717) is 11.1 Å². The lowest BCUT2D eigenvalue weighted by Crippen LogP contribution is -2.43. The Balaban J connectivity index is 1.50. The number of hydrogen-bond acceptors (Lipinski definition) is 5. The number of halogens is 3. The summed E-state index contributed by atoms with van der Waals surface area (Å²) in [5, 5.41) is 2.57. The molecular weight excluding hydrogens is 405 g/mol. The number of fused-ring (bicyclic) bond motifs is 1. The van der Waals surface area contributed by atoms with Crippen LogP contribution in [0.3, 0.4) is 0 Å². The van der Waals surface area contributed by atoms with Gasteiger partial charge in [-0.25, -0.2) is 4.79 Å². The second kappa shape index (κ2) is 7.36. The maximum atomic E-state index is 12.8. The fourth-order valence-corrected chi connectivity index (χ4v) is 3.55. The number of esters is 1. The molecule has 2 aliphatic heterocycles. The largest absolute Gasteiger partial charge is 0.573 e. The summed E-state index contributed by atoms with van der Waals surface area (Å²) < 4.78 is 45.9. The molecule has 0 aromatic heterocycles. The highest BCUT2D eigenvalue weighted by Gasteiger charge is 2.46. The summed E-state index contributed by atoms with van der Waals surface area (Å²) in [6.07, 6.45) is -5.49. The summed E-state index contributed by atoms with van der Waals surface area (Å²) in [6.45, 7) is 0. The molecule has 0 radical (unpaired) electrons. The summed E-state index contributed by atoms with van der Waals surface area (Å²) >= 11 is 0. The van der Waals surface area contributed by atoms with Crippen molar-refractivity contribution in [1.29, 1.82) is 0 Å². The molecule has 0 spiro atoms. The first kappa shape index (κ1) is 19.7. The van der Waals surface area contributed by atoms with E-state index >= 15 is 0 Å². The van der Waals surface area contributed by atoms with Crippen LogP contribution in [-0.2, 0) is 14.3 Å². The molecule has 2 atom stereocenters. The number of anilines is 1. The number of cyclic esters (lactones) is 1. The van der Waals surface area contributed by atoms with E-state index in [1.165, 1.54) is 17.0 Å². The zero-order valence-electron chi connectivity index (χ0n) is 15.3. The Hall–Kier alpha value is -3.56. The number of benzene rings is 2. The van der Waals surface area contributed by atoms with Crippen LogP contribution in [0.15, 0.2) is 48.5 Å². The fraction of sp³-hybridized carbons (Fsp3) is 0.250. The third kappa shape index (κ3) is 3.80. The van der Waals surface area contributed by atoms with E-state index in [1.54, 1.807) is 24.3 Å². The molecule has 2 aromatic carbocycles. The van der Waals surface area contributed by atoms with E-state index in [1.807, 2.05) is 0 Å². The molecule has 0 aliphatic carbocycles. The molecule has 2 heterocycles. The summed E-state index contributed by atoms with van der Waals surface area (Å²) in [5.74, 6) is -1.87. The van der Waals surface area contributed by atoms with Gasteiger partial charge >= 0.3 is 12.3 Å². The van der Waals surface area contributed by atoms with Gasteiger partial charge in [0, 0.05) is 17.7 Å². The Morgan fingerprint density at radius 1 is 1.10 bits per heavy atom. The molecule has 1 N–H and O–H groups in total. The predicted molar refractivity (Wildman–Crippen MR) is 96.2 cm³/mol. The minimum Gasteiger partial charge on any atom is -0.433 e. The van der Waals surface area contributed by atoms with Crippen LogP contribution in [-0.4, -0.2) is 35.1 Å². The maximum absolute atomic E-state index is 12.8. The van der Waals surface area contributed by atoms with Gasteiger partial charge in [-0.2, -0.15) is 0 Å². The minimum absolute atomic E-state index is 0.104. The van der Waals surface area contributed by atoms with Gasteiger partial charge in [0.2, 0.25) is 18.0 Å². The zero-order chi connectivity index (χ0) is 21.5. The first-order chi connectivity index (χ1) is 14.2. The van der Waals surface area contributed by atoms with Crippen LogP contribution >= 0.6 is 0 Å². The predicted octanol–water partition coefficient (Wildman–Crippen LogP) is 3.38. The van der Waals surface area contributed by atoms with Crippen molar-refractivity contribution in [3.8, 4) is 5.75 Å². The second-order valence-electron chi connectivity index (χ2n) is 6.76. The molecular formula is C20H15F3N2O5. The summed E-state index contributed by atoms with van der Waals surface area (Å²) in [5.41, 5.74) is 1.07. The number of rotatable bonds is 4. The Bertz CT molecular complexity index is 1010. The topological polar surface area (TPSA) is 84.9 Å². The van der Waals surface area contributed by atoms with E-state index in [-0.39, 0.29) is 24.4 Å². The Kier molecular flexibility index (Phi) is 4.84. The van der Waals surface area contributed by atoms with Gasteiger partial charge in [-0.3, -0.25) is 14.5 Å². The number of carbonyl (C=O) groups is 3. The average molecular weight is 420 g/mol. The molecule has 0 saturated carbocycles. The van der Waals surface area contributed by atoms with Gasteiger partial charge in [-0.1, -0.05) is 18.2 Å². The summed E-state index contributed by atoms with van der Waals surface area (Å²) in [7, 11) is 0. The highest BCUT2D eigenvalue weighted by Crippen LogP contribution is 2.38. The van der Waals surface area contributed by atoms with E-state index in [9.17, 15) is 27.6 Å². The van der Waals surface area contributed by atoms with Crippen molar-refractivity contribution in [2.24, 2.45) is 0 Å². The van der Waals surface area contributed by atoms with Crippen molar-refractivity contribution in [2.45, 2.75) is 31.5 Å². The molecule has 2 amide bonds. The molecule has 1 fully saturated rings. The van der Waals surface area contributed by atoms with Crippen molar-refractivity contribution in [3.63, 3.8) is 0 Å². The molecule has 30 heavy (non-hydrogen) atoms. The molecule has 2 aliphatic rings. The number of ether oxygens (including phenoxy) is 2. The number of likely N-dealkylation sites (tertiary alicyclic amines) is 1. The van der Waals surface area contributed by atoms with Gasteiger partial charge in [0.05, 0.1) is 5.56 Å². The lowest BCUT2D eigenvalue weighted by atomic mass is 10.1. The maximum Gasteiger partial charge on any atom is 0.573 e. The van der Waals surface area contributed by atoms with Crippen LogP contribution in [0.5, 0.6) is 5.75 Å². The molecule has 0 bridgehead atoms. The first-order valence-electron chi connectivity index (χ1n) is 9.01. The van der Waals surface area contributed by atoms with E-state index < -0.39 is 36.3 Å².